The monoisotopic (exact) mass is 276 g/mol. The molecular weight excluding hydrogens is 268 g/mol. The summed E-state index contributed by atoms with van der Waals surface area (Å²) in [4.78, 5) is 24.4. The van der Waals surface area contributed by atoms with Crippen LogP contribution in [0.3, 0.4) is 0 Å². The Morgan fingerprint density at radius 2 is 2.16 bits per heavy atom. The van der Waals surface area contributed by atoms with Crippen LogP contribution in [-0.4, -0.2) is 28.7 Å². The molecule has 2 heterocycles. The van der Waals surface area contributed by atoms with Crippen molar-refractivity contribution in [3.05, 3.63) is 29.5 Å². The molecule has 3 rings (SSSR count). The highest BCUT2D eigenvalue weighted by Crippen LogP contribution is 2.26. The van der Waals surface area contributed by atoms with Crippen molar-refractivity contribution in [2.24, 2.45) is 0 Å². The topological polar surface area (TPSA) is 75.2 Å². The zero-order valence-electron chi connectivity index (χ0n) is 9.76. The first-order chi connectivity index (χ1) is 9.15. The Morgan fingerprint density at radius 1 is 1.32 bits per heavy atom. The summed E-state index contributed by atoms with van der Waals surface area (Å²) in [5.41, 5.74) is 0.696. The molecule has 0 spiro atoms. The molecular formula is C12H9ClN4O2. The van der Waals surface area contributed by atoms with Crippen LogP contribution in [0.25, 0.3) is 10.8 Å². The SMILES string of the molecule is O=C1CCN(c2ccc3c(Cl)nncc3c2)C(=O)N1. The quantitative estimate of drug-likeness (QED) is 0.861. The maximum absolute atomic E-state index is 11.7. The largest absolute Gasteiger partial charge is 0.328 e. The number of nitrogens with zero attached hydrogens (tertiary/aromatic N) is 3. The second-order valence-corrected chi connectivity index (χ2v) is 4.52. The first-order valence-corrected chi connectivity index (χ1v) is 6.05. The van der Waals surface area contributed by atoms with Crippen LogP contribution in [0.2, 0.25) is 5.15 Å². The first kappa shape index (κ1) is 11.9. The van der Waals surface area contributed by atoms with Crippen molar-refractivity contribution >= 4 is 40.0 Å². The smallest absolute Gasteiger partial charge is 0.294 e. The van der Waals surface area contributed by atoms with Crippen molar-refractivity contribution in [1.29, 1.82) is 0 Å². The van der Waals surface area contributed by atoms with Crippen molar-refractivity contribution < 1.29 is 9.59 Å². The fourth-order valence-corrected chi connectivity index (χ4v) is 2.23. The fraction of sp³-hybridized carbons (Fsp3) is 0.167. The Labute approximate surface area is 113 Å². The van der Waals surface area contributed by atoms with Crippen LogP contribution in [0.15, 0.2) is 24.4 Å². The Hall–Kier alpha value is -2.21. The van der Waals surface area contributed by atoms with Crippen LogP contribution in [-0.2, 0) is 4.79 Å². The molecule has 1 aromatic carbocycles. The number of amides is 3. The lowest BCUT2D eigenvalue weighted by molar-refractivity contribution is -0.120. The number of aromatic nitrogens is 2. The number of hydrogen-bond acceptors (Lipinski definition) is 4. The number of imide groups is 1. The van der Waals surface area contributed by atoms with E-state index in [0.717, 1.165) is 10.8 Å². The number of carbonyl (C=O) groups is 2. The van der Waals surface area contributed by atoms with Gasteiger partial charge in [-0.15, -0.1) is 5.10 Å². The normalized spacial score (nSPS) is 15.7. The molecule has 0 bridgehead atoms. The molecule has 2 aromatic rings. The summed E-state index contributed by atoms with van der Waals surface area (Å²) in [5.74, 6) is -0.254. The van der Waals surface area contributed by atoms with E-state index in [4.69, 9.17) is 11.6 Å². The molecule has 1 fully saturated rings. The molecule has 7 heteroatoms. The molecule has 19 heavy (non-hydrogen) atoms. The van der Waals surface area contributed by atoms with Gasteiger partial charge in [-0.3, -0.25) is 15.0 Å². The molecule has 1 aliphatic rings. The molecule has 96 valence electrons. The van der Waals surface area contributed by atoms with Gasteiger partial charge < -0.3 is 0 Å². The second kappa shape index (κ2) is 4.47. The van der Waals surface area contributed by atoms with Gasteiger partial charge in [0.25, 0.3) is 0 Å². The van der Waals surface area contributed by atoms with Crippen molar-refractivity contribution in [1.82, 2.24) is 15.5 Å². The van der Waals surface area contributed by atoms with E-state index in [1.54, 1.807) is 24.4 Å². The van der Waals surface area contributed by atoms with Gasteiger partial charge in [0.05, 0.1) is 6.20 Å². The van der Waals surface area contributed by atoms with Gasteiger partial charge >= 0.3 is 6.03 Å². The van der Waals surface area contributed by atoms with Crippen LogP contribution in [0.4, 0.5) is 10.5 Å². The highest BCUT2D eigenvalue weighted by Gasteiger charge is 2.24. The molecule has 0 unspecified atom stereocenters. The van der Waals surface area contributed by atoms with E-state index >= 15 is 0 Å². The van der Waals surface area contributed by atoms with Crippen molar-refractivity contribution in [3.8, 4) is 0 Å². The van der Waals surface area contributed by atoms with Gasteiger partial charge in [0.1, 0.15) is 0 Å². The third kappa shape index (κ3) is 2.10. The summed E-state index contributed by atoms with van der Waals surface area (Å²) < 4.78 is 0. The maximum atomic E-state index is 11.7. The summed E-state index contributed by atoms with van der Waals surface area (Å²) in [6.45, 7) is 0.364. The van der Waals surface area contributed by atoms with Crippen molar-refractivity contribution in [2.75, 3.05) is 11.4 Å². The van der Waals surface area contributed by atoms with Crippen molar-refractivity contribution in [3.63, 3.8) is 0 Å². The lowest BCUT2D eigenvalue weighted by Gasteiger charge is -2.26. The first-order valence-electron chi connectivity index (χ1n) is 5.67. The summed E-state index contributed by atoms with van der Waals surface area (Å²) in [6, 6.07) is 4.94. The second-order valence-electron chi connectivity index (χ2n) is 4.16. The van der Waals surface area contributed by atoms with Crippen molar-refractivity contribution in [2.45, 2.75) is 6.42 Å². The molecule has 3 amide bonds. The minimum absolute atomic E-state index is 0.254. The zero-order valence-corrected chi connectivity index (χ0v) is 10.5. The number of carbonyl (C=O) groups excluding carboxylic acids is 2. The predicted molar refractivity (Wildman–Crippen MR) is 70.0 cm³/mol. The van der Waals surface area contributed by atoms with Gasteiger partial charge in [-0.25, -0.2) is 4.79 Å². The standard InChI is InChI=1S/C12H9ClN4O2/c13-11-9-2-1-8(5-7(9)6-14-16-11)17-4-3-10(18)15-12(17)19/h1-2,5-6H,3-4H2,(H,15,18,19). The predicted octanol–water partition coefficient (Wildman–Crippen LogP) is 1.73. The number of anilines is 1. The molecule has 1 aromatic heterocycles. The summed E-state index contributed by atoms with van der Waals surface area (Å²) >= 11 is 5.93. The molecule has 1 aliphatic heterocycles. The Morgan fingerprint density at radius 3 is 2.95 bits per heavy atom. The Kier molecular flexibility index (Phi) is 2.79. The fourth-order valence-electron chi connectivity index (χ4n) is 2.02. The number of benzene rings is 1. The third-order valence-electron chi connectivity index (χ3n) is 2.97. The summed E-state index contributed by atoms with van der Waals surface area (Å²) in [7, 11) is 0. The number of halogens is 1. The van der Waals surface area contributed by atoms with Crippen LogP contribution in [0.1, 0.15) is 6.42 Å². The zero-order chi connectivity index (χ0) is 13.4. The van der Waals surface area contributed by atoms with Crippen LogP contribution < -0.4 is 10.2 Å². The van der Waals surface area contributed by atoms with Gasteiger partial charge in [-0.2, -0.15) is 5.10 Å². The van der Waals surface area contributed by atoms with E-state index in [2.05, 4.69) is 15.5 Å². The van der Waals surface area contributed by atoms with Gasteiger partial charge in [-0.05, 0) is 18.2 Å². The lowest BCUT2D eigenvalue weighted by Crippen LogP contribution is -2.49. The highest BCUT2D eigenvalue weighted by molar-refractivity contribution is 6.34. The highest BCUT2D eigenvalue weighted by atomic mass is 35.5. The number of rotatable bonds is 1. The average molecular weight is 277 g/mol. The summed E-state index contributed by atoms with van der Waals surface area (Å²) in [5, 5.41) is 11.7. The molecule has 1 saturated heterocycles. The van der Waals surface area contributed by atoms with Gasteiger partial charge in [0.2, 0.25) is 5.91 Å². The number of nitrogens with one attached hydrogen (secondary N) is 1. The van der Waals surface area contributed by atoms with Crippen LogP contribution >= 0.6 is 11.6 Å². The molecule has 0 radical (unpaired) electrons. The molecule has 6 nitrogen and oxygen atoms in total. The average Bonchev–Trinajstić information content (AvgIpc) is 2.38. The Balaban J connectivity index is 2.02. The molecule has 0 aliphatic carbocycles. The van der Waals surface area contributed by atoms with Crippen LogP contribution in [0, 0.1) is 0 Å². The van der Waals surface area contributed by atoms with Gasteiger partial charge in [0.15, 0.2) is 5.15 Å². The lowest BCUT2D eigenvalue weighted by atomic mass is 10.1. The van der Waals surface area contributed by atoms with Crippen LogP contribution in [0.5, 0.6) is 0 Å². The molecule has 0 saturated carbocycles. The van der Waals surface area contributed by atoms with E-state index in [0.29, 0.717) is 23.8 Å². The minimum atomic E-state index is -0.413. The molecule has 0 atom stereocenters. The van der Waals surface area contributed by atoms with Gasteiger partial charge in [0, 0.05) is 29.4 Å². The maximum Gasteiger partial charge on any atom is 0.328 e. The minimum Gasteiger partial charge on any atom is -0.294 e. The van der Waals surface area contributed by atoms with E-state index < -0.39 is 6.03 Å². The third-order valence-corrected chi connectivity index (χ3v) is 3.24. The molecule has 1 N–H and O–H groups in total. The number of urea groups is 1. The van der Waals surface area contributed by atoms with E-state index in [1.807, 2.05) is 0 Å². The number of fused-ring (bicyclic) bond motifs is 1. The van der Waals surface area contributed by atoms with E-state index in [9.17, 15) is 9.59 Å². The van der Waals surface area contributed by atoms with Gasteiger partial charge in [-0.1, -0.05) is 11.6 Å². The number of hydrogen-bond donors (Lipinski definition) is 1. The van der Waals surface area contributed by atoms with E-state index in [1.165, 1.54) is 4.90 Å². The summed E-state index contributed by atoms with van der Waals surface area (Å²) in [6.07, 6.45) is 1.87. The Bertz CT molecular complexity index is 688. The van der Waals surface area contributed by atoms with E-state index in [-0.39, 0.29) is 5.91 Å².